The highest BCUT2D eigenvalue weighted by Gasteiger charge is 2.20. The number of aromatic nitrogens is 1. The quantitative estimate of drug-likeness (QED) is 0.644. The van der Waals surface area contributed by atoms with E-state index >= 15 is 0 Å². The molecular formula is C15H11ClFN3O. The van der Waals surface area contributed by atoms with Crippen LogP contribution in [0.1, 0.15) is 15.9 Å². The van der Waals surface area contributed by atoms with Gasteiger partial charge in [-0.25, -0.2) is 9.37 Å². The Morgan fingerprint density at radius 3 is 2.76 bits per heavy atom. The molecule has 2 aromatic rings. The van der Waals surface area contributed by atoms with Crippen molar-refractivity contribution in [3.05, 3.63) is 64.7 Å². The van der Waals surface area contributed by atoms with Crippen LogP contribution in [-0.2, 0) is 6.54 Å². The average molecular weight is 304 g/mol. The molecule has 106 valence electrons. The highest BCUT2D eigenvalue weighted by molar-refractivity contribution is 6.32. The van der Waals surface area contributed by atoms with Gasteiger partial charge in [0.2, 0.25) is 0 Å². The Hall–Kier alpha value is -2.45. The van der Waals surface area contributed by atoms with Crippen molar-refractivity contribution in [2.45, 2.75) is 6.54 Å². The van der Waals surface area contributed by atoms with Crippen LogP contribution in [0.5, 0.6) is 0 Å². The van der Waals surface area contributed by atoms with E-state index in [1.807, 2.05) is 36.4 Å². The van der Waals surface area contributed by atoms with E-state index in [1.165, 1.54) is 4.90 Å². The summed E-state index contributed by atoms with van der Waals surface area (Å²) in [5, 5.41) is 8.78. The van der Waals surface area contributed by atoms with E-state index in [2.05, 4.69) is 4.98 Å². The summed E-state index contributed by atoms with van der Waals surface area (Å²) in [6.45, 7) is 0.112. The Labute approximate surface area is 126 Å². The van der Waals surface area contributed by atoms with E-state index in [-0.39, 0.29) is 23.8 Å². The molecule has 1 amide bonds. The molecule has 0 fully saturated rings. The van der Waals surface area contributed by atoms with E-state index in [4.69, 9.17) is 16.9 Å². The van der Waals surface area contributed by atoms with Gasteiger partial charge < -0.3 is 4.90 Å². The van der Waals surface area contributed by atoms with E-state index in [0.717, 1.165) is 17.8 Å². The Balaban J connectivity index is 2.27. The van der Waals surface area contributed by atoms with Gasteiger partial charge in [-0.2, -0.15) is 5.26 Å². The highest BCUT2D eigenvalue weighted by Crippen LogP contribution is 2.17. The lowest BCUT2D eigenvalue weighted by atomic mass is 10.2. The Bertz CT molecular complexity index is 685. The number of hydrogen-bond acceptors (Lipinski definition) is 3. The lowest BCUT2D eigenvalue weighted by Crippen LogP contribution is -2.31. The minimum absolute atomic E-state index is 0.0529. The van der Waals surface area contributed by atoms with Gasteiger partial charge in [-0.15, -0.1) is 0 Å². The van der Waals surface area contributed by atoms with Gasteiger partial charge in [0.15, 0.2) is 0 Å². The van der Waals surface area contributed by atoms with Crippen molar-refractivity contribution < 1.29 is 9.18 Å². The van der Waals surface area contributed by atoms with Gasteiger partial charge in [-0.3, -0.25) is 4.79 Å². The first kappa shape index (κ1) is 14.9. The molecule has 0 aliphatic heterocycles. The van der Waals surface area contributed by atoms with Gasteiger partial charge in [0.1, 0.15) is 17.5 Å². The SMILES string of the molecule is N#CCN(Cc1ccccc1)C(=O)c1cc(F)cnc1Cl. The van der Waals surface area contributed by atoms with Crippen LogP contribution in [-0.4, -0.2) is 22.3 Å². The summed E-state index contributed by atoms with van der Waals surface area (Å²) >= 11 is 5.83. The molecular weight excluding hydrogens is 293 g/mol. The fourth-order valence-corrected chi connectivity index (χ4v) is 2.02. The van der Waals surface area contributed by atoms with Crippen LogP contribution in [0.2, 0.25) is 5.15 Å². The van der Waals surface area contributed by atoms with E-state index in [1.54, 1.807) is 0 Å². The van der Waals surface area contributed by atoms with Crippen LogP contribution in [0, 0.1) is 17.1 Å². The maximum absolute atomic E-state index is 13.2. The zero-order chi connectivity index (χ0) is 15.2. The summed E-state index contributed by atoms with van der Waals surface area (Å²) in [5.41, 5.74) is 0.810. The number of carbonyl (C=O) groups excluding carboxylic acids is 1. The van der Waals surface area contributed by atoms with Crippen LogP contribution >= 0.6 is 11.6 Å². The highest BCUT2D eigenvalue weighted by atomic mass is 35.5. The fraction of sp³-hybridized carbons (Fsp3) is 0.133. The van der Waals surface area contributed by atoms with Crippen molar-refractivity contribution in [1.29, 1.82) is 5.26 Å². The van der Waals surface area contributed by atoms with E-state index in [0.29, 0.717) is 0 Å². The normalized spacial score (nSPS) is 9.95. The molecule has 0 aliphatic carbocycles. The number of hydrogen-bond donors (Lipinski definition) is 0. The summed E-state index contributed by atoms with van der Waals surface area (Å²) in [5.74, 6) is -1.18. The first-order valence-electron chi connectivity index (χ1n) is 6.13. The first-order valence-corrected chi connectivity index (χ1v) is 6.51. The number of rotatable bonds is 4. The second kappa shape index (κ2) is 6.82. The van der Waals surface area contributed by atoms with Crippen LogP contribution in [0.25, 0.3) is 0 Å². The number of benzene rings is 1. The fourth-order valence-electron chi connectivity index (χ4n) is 1.83. The molecule has 0 spiro atoms. The summed E-state index contributed by atoms with van der Waals surface area (Å²) in [4.78, 5) is 17.3. The van der Waals surface area contributed by atoms with Crippen LogP contribution in [0.3, 0.4) is 0 Å². The zero-order valence-electron chi connectivity index (χ0n) is 11.0. The van der Waals surface area contributed by atoms with Crippen molar-refractivity contribution in [3.8, 4) is 6.07 Å². The molecule has 1 aromatic carbocycles. The number of pyridine rings is 1. The van der Waals surface area contributed by atoms with Gasteiger partial charge in [0, 0.05) is 6.54 Å². The topological polar surface area (TPSA) is 57.0 Å². The van der Waals surface area contributed by atoms with Crippen molar-refractivity contribution in [1.82, 2.24) is 9.88 Å². The molecule has 0 N–H and O–H groups in total. The Morgan fingerprint density at radius 2 is 2.10 bits per heavy atom. The largest absolute Gasteiger partial charge is 0.321 e. The molecule has 0 unspecified atom stereocenters. The molecule has 0 aliphatic rings. The summed E-state index contributed by atoms with van der Waals surface area (Å²) in [6, 6.07) is 12.1. The third kappa shape index (κ3) is 3.77. The monoisotopic (exact) mass is 303 g/mol. The van der Waals surface area contributed by atoms with Crippen molar-refractivity contribution in [2.75, 3.05) is 6.54 Å². The lowest BCUT2D eigenvalue weighted by molar-refractivity contribution is 0.0764. The number of halogens is 2. The van der Waals surface area contributed by atoms with Crippen LogP contribution < -0.4 is 0 Å². The molecule has 1 aromatic heterocycles. The second-order valence-corrected chi connectivity index (χ2v) is 4.65. The Morgan fingerprint density at radius 1 is 1.38 bits per heavy atom. The van der Waals surface area contributed by atoms with Crippen molar-refractivity contribution >= 4 is 17.5 Å². The molecule has 0 bridgehead atoms. The summed E-state index contributed by atoms with van der Waals surface area (Å²) in [6.07, 6.45) is 0.935. The standard InChI is InChI=1S/C15H11ClFN3O/c16-14-13(8-12(17)9-19-14)15(21)20(7-6-18)10-11-4-2-1-3-5-11/h1-5,8-9H,7,10H2. The van der Waals surface area contributed by atoms with Crippen LogP contribution in [0.15, 0.2) is 42.6 Å². The van der Waals surface area contributed by atoms with E-state index < -0.39 is 11.7 Å². The first-order chi connectivity index (χ1) is 10.1. The van der Waals surface area contributed by atoms with Gasteiger partial charge in [0.05, 0.1) is 17.8 Å². The maximum atomic E-state index is 13.2. The average Bonchev–Trinajstić information content (AvgIpc) is 2.49. The summed E-state index contributed by atoms with van der Waals surface area (Å²) in [7, 11) is 0. The molecule has 2 rings (SSSR count). The van der Waals surface area contributed by atoms with Crippen LogP contribution in [0.4, 0.5) is 4.39 Å². The maximum Gasteiger partial charge on any atom is 0.258 e. The third-order valence-corrected chi connectivity index (χ3v) is 3.10. The smallest absolute Gasteiger partial charge is 0.258 e. The molecule has 6 heteroatoms. The molecule has 1 heterocycles. The predicted octanol–water partition coefficient (Wildman–Crippen LogP) is 3.04. The number of nitriles is 1. The van der Waals surface area contributed by atoms with Gasteiger partial charge >= 0.3 is 0 Å². The molecule has 0 saturated carbocycles. The third-order valence-electron chi connectivity index (χ3n) is 2.80. The lowest BCUT2D eigenvalue weighted by Gasteiger charge is -2.20. The summed E-state index contributed by atoms with van der Waals surface area (Å²) < 4.78 is 13.2. The number of carbonyl (C=O) groups is 1. The molecule has 0 atom stereocenters. The molecule has 4 nitrogen and oxygen atoms in total. The second-order valence-electron chi connectivity index (χ2n) is 4.30. The zero-order valence-corrected chi connectivity index (χ0v) is 11.7. The molecule has 21 heavy (non-hydrogen) atoms. The number of amides is 1. The van der Waals surface area contributed by atoms with E-state index in [9.17, 15) is 9.18 Å². The molecule has 0 radical (unpaired) electrons. The predicted molar refractivity (Wildman–Crippen MR) is 76.0 cm³/mol. The molecule has 0 saturated heterocycles. The van der Waals surface area contributed by atoms with Crippen molar-refractivity contribution in [3.63, 3.8) is 0 Å². The van der Waals surface area contributed by atoms with Gasteiger partial charge in [-0.1, -0.05) is 41.9 Å². The number of nitrogens with zero attached hydrogens (tertiary/aromatic N) is 3. The minimum atomic E-state index is -0.653. The van der Waals surface area contributed by atoms with Gasteiger partial charge in [0.25, 0.3) is 5.91 Å². The minimum Gasteiger partial charge on any atom is -0.321 e. The van der Waals surface area contributed by atoms with Gasteiger partial charge in [-0.05, 0) is 11.6 Å². The Kier molecular flexibility index (Phi) is 4.85. The van der Waals surface area contributed by atoms with Crippen molar-refractivity contribution in [2.24, 2.45) is 0 Å².